The molecule has 0 amide bonds. The van der Waals surface area contributed by atoms with Crippen molar-refractivity contribution in [1.82, 2.24) is 9.88 Å². The number of benzene rings is 9. The molecule has 4 nitrogen and oxygen atoms in total. The Kier molecular flexibility index (Phi) is 8.20. The molecule has 9 aromatic carbocycles. The van der Waals surface area contributed by atoms with E-state index in [0.717, 1.165) is 39.5 Å². The number of fused-ring (bicyclic) bond motifs is 11. The predicted molar refractivity (Wildman–Crippen MR) is 267 cm³/mol. The fraction of sp³-hybridized carbons (Fsp3) is 0.0820. The Morgan fingerprint density at radius 2 is 0.938 bits per heavy atom. The highest BCUT2D eigenvalue weighted by Gasteiger charge is 2.53. The number of hydrogen-bond acceptors (Lipinski definition) is 3. The van der Waals surface area contributed by atoms with Gasteiger partial charge in [-0.25, -0.2) is 9.98 Å². The zero-order valence-electron chi connectivity index (χ0n) is 36.2. The molecule has 1 N–H and O–H groups in total. The maximum absolute atomic E-state index is 5.59. The second kappa shape index (κ2) is 14.2. The molecule has 2 atom stereocenters. The molecule has 0 fully saturated rings. The number of nitrogens with one attached hydrogen (secondary N) is 1. The van der Waals surface area contributed by atoms with Crippen LogP contribution >= 0.6 is 0 Å². The predicted octanol–water partition coefficient (Wildman–Crippen LogP) is 13.9. The first-order valence-electron chi connectivity index (χ1n) is 22.6. The Labute approximate surface area is 378 Å². The number of aliphatic imine (C=N–C) groups is 2. The first kappa shape index (κ1) is 37.5. The summed E-state index contributed by atoms with van der Waals surface area (Å²) < 4.78 is 2.51. The third-order valence-electron chi connectivity index (χ3n) is 14.3. The van der Waals surface area contributed by atoms with Crippen LogP contribution in [0.5, 0.6) is 0 Å². The molecular formula is C61H44N4. The molecule has 1 spiro atoms. The van der Waals surface area contributed by atoms with Crippen molar-refractivity contribution in [1.29, 1.82) is 0 Å². The van der Waals surface area contributed by atoms with Crippen molar-refractivity contribution in [2.75, 3.05) is 0 Å². The summed E-state index contributed by atoms with van der Waals surface area (Å²) in [5, 5.41) is 6.39. The Bertz CT molecular complexity index is 3580. The van der Waals surface area contributed by atoms with Crippen molar-refractivity contribution >= 4 is 33.5 Å². The van der Waals surface area contributed by atoms with Gasteiger partial charge in [-0.3, -0.25) is 0 Å². The number of amidine groups is 2. The monoisotopic (exact) mass is 832 g/mol. The average Bonchev–Trinajstić information content (AvgIpc) is 3.72. The standard InChI is InChI=1S/C61H44N4/c1-60(2)48-24-10-11-25-49(48)61(50-26-12-14-30-54(50)65-53-29-13-9-21-45(53)46-22-15-28-52(61)56(46)65)51-27-16-23-47(55(51)60)59-63-57(43-35-31-41(32-36-43)39-17-5-3-6-18-39)62-58(64-59)44-37-33-42(34-38-44)40-19-7-4-8-20-40/h3-38,57H,1-2H3,(H,62,63,64). The normalized spacial score (nSPS) is 17.7. The van der Waals surface area contributed by atoms with Crippen LogP contribution in [0, 0.1) is 0 Å². The van der Waals surface area contributed by atoms with Gasteiger partial charge in [0.05, 0.1) is 22.1 Å². The fourth-order valence-electron chi connectivity index (χ4n) is 11.5. The van der Waals surface area contributed by atoms with Gasteiger partial charge in [-0.15, -0.1) is 0 Å². The minimum atomic E-state index is -0.621. The summed E-state index contributed by atoms with van der Waals surface area (Å²) in [6.07, 6.45) is -0.469. The number of rotatable bonds is 5. The van der Waals surface area contributed by atoms with E-state index >= 15 is 0 Å². The van der Waals surface area contributed by atoms with Crippen LogP contribution in [0.15, 0.2) is 228 Å². The van der Waals surface area contributed by atoms with Crippen LogP contribution in [0.1, 0.15) is 70.1 Å². The molecule has 4 heteroatoms. The Hall–Kier alpha value is -8.08. The highest BCUT2D eigenvalue weighted by Crippen LogP contribution is 2.61. The van der Waals surface area contributed by atoms with Crippen molar-refractivity contribution in [3.05, 3.63) is 268 Å². The molecule has 1 aromatic heterocycles. The van der Waals surface area contributed by atoms with Crippen LogP contribution in [-0.4, -0.2) is 16.2 Å². The van der Waals surface area contributed by atoms with Crippen molar-refractivity contribution in [2.45, 2.75) is 30.8 Å². The summed E-state index contributed by atoms with van der Waals surface area (Å²) in [5.74, 6) is 1.61. The van der Waals surface area contributed by atoms with Crippen molar-refractivity contribution in [2.24, 2.45) is 9.98 Å². The van der Waals surface area contributed by atoms with Gasteiger partial charge in [0.15, 0.2) is 6.17 Å². The van der Waals surface area contributed by atoms with E-state index in [0.29, 0.717) is 0 Å². The number of aromatic nitrogens is 1. The lowest BCUT2D eigenvalue weighted by atomic mass is 9.52. The van der Waals surface area contributed by atoms with Crippen molar-refractivity contribution in [3.63, 3.8) is 0 Å². The van der Waals surface area contributed by atoms with E-state index in [-0.39, 0.29) is 0 Å². The first-order valence-corrected chi connectivity index (χ1v) is 22.6. The summed E-state index contributed by atoms with van der Waals surface area (Å²) in [6, 6.07) is 79.6. The van der Waals surface area contributed by atoms with Gasteiger partial charge in [-0.2, -0.15) is 0 Å². The van der Waals surface area contributed by atoms with E-state index in [1.54, 1.807) is 0 Å². The third kappa shape index (κ3) is 5.44. The molecule has 10 aromatic rings. The van der Waals surface area contributed by atoms with E-state index in [9.17, 15) is 0 Å². The van der Waals surface area contributed by atoms with Gasteiger partial charge in [0, 0.05) is 27.3 Å². The summed E-state index contributed by atoms with van der Waals surface area (Å²) in [4.78, 5) is 11.0. The molecular weight excluding hydrogens is 789 g/mol. The van der Waals surface area contributed by atoms with Crippen molar-refractivity contribution < 1.29 is 0 Å². The molecule has 0 bridgehead atoms. The number of hydrogen-bond donors (Lipinski definition) is 1. The quantitative estimate of drug-likeness (QED) is 0.184. The van der Waals surface area contributed by atoms with Gasteiger partial charge in [0.25, 0.3) is 0 Å². The van der Waals surface area contributed by atoms with Gasteiger partial charge in [0.2, 0.25) is 0 Å². The molecule has 308 valence electrons. The van der Waals surface area contributed by atoms with Crippen LogP contribution in [0.4, 0.5) is 0 Å². The summed E-state index contributed by atoms with van der Waals surface area (Å²) in [7, 11) is 0. The van der Waals surface area contributed by atoms with E-state index in [4.69, 9.17) is 9.98 Å². The van der Waals surface area contributed by atoms with Crippen LogP contribution in [0.3, 0.4) is 0 Å². The van der Waals surface area contributed by atoms with Gasteiger partial charge < -0.3 is 9.88 Å². The Morgan fingerprint density at radius 3 is 1.68 bits per heavy atom. The summed E-state index contributed by atoms with van der Waals surface area (Å²) in [6.45, 7) is 4.79. The second-order valence-corrected chi connectivity index (χ2v) is 18.1. The van der Waals surface area contributed by atoms with E-state index < -0.39 is 17.0 Å². The van der Waals surface area contributed by atoms with E-state index in [1.165, 1.54) is 72.0 Å². The molecule has 3 aliphatic rings. The van der Waals surface area contributed by atoms with Crippen LogP contribution in [0.2, 0.25) is 0 Å². The molecule has 13 rings (SSSR count). The molecule has 2 unspecified atom stereocenters. The van der Waals surface area contributed by atoms with Gasteiger partial charge in [-0.1, -0.05) is 220 Å². The molecule has 0 saturated carbocycles. The maximum Gasteiger partial charge on any atom is 0.169 e. The molecule has 0 saturated heterocycles. The minimum Gasteiger partial charge on any atom is -0.324 e. The van der Waals surface area contributed by atoms with Crippen LogP contribution < -0.4 is 5.32 Å². The second-order valence-electron chi connectivity index (χ2n) is 18.1. The van der Waals surface area contributed by atoms with E-state index in [1.807, 2.05) is 0 Å². The van der Waals surface area contributed by atoms with Crippen molar-refractivity contribution in [3.8, 4) is 27.9 Å². The fourth-order valence-corrected chi connectivity index (χ4v) is 11.5. The summed E-state index contributed by atoms with van der Waals surface area (Å²) >= 11 is 0. The molecule has 3 heterocycles. The molecule has 1 aliphatic carbocycles. The topological polar surface area (TPSA) is 41.7 Å². The number of nitrogens with zero attached hydrogens (tertiary/aromatic N) is 3. The molecule has 0 radical (unpaired) electrons. The maximum atomic E-state index is 5.59. The van der Waals surface area contributed by atoms with Crippen LogP contribution in [-0.2, 0) is 10.8 Å². The van der Waals surface area contributed by atoms with E-state index in [2.05, 4.69) is 242 Å². The lowest BCUT2D eigenvalue weighted by Crippen LogP contribution is -2.46. The highest BCUT2D eigenvalue weighted by molar-refractivity contribution is 6.17. The first-order chi connectivity index (χ1) is 32.0. The lowest BCUT2D eigenvalue weighted by Gasteiger charge is -2.50. The van der Waals surface area contributed by atoms with Gasteiger partial charge >= 0.3 is 0 Å². The zero-order valence-corrected chi connectivity index (χ0v) is 36.2. The van der Waals surface area contributed by atoms with Gasteiger partial charge in [0.1, 0.15) is 11.7 Å². The molecule has 2 aliphatic heterocycles. The zero-order chi connectivity index (χ0) is 43.3. The minimum absolute atomic E-state index is 0.399. The molecule has 65 heavy (non-hydrogen) atoms. The highest BCUT2D eigenvalue weighted by atomic mass is 15.2. The third-order valence-corrected chi connectivity index (χ3v) is 14.3. The smallest absolute Gasteiger partial charge is 0.169 e. The Balaban J connectivity index is 1.05. The van der Waals surface area contributed by atoms with Crippen LogP contribution in [0.25, 0.3) is 49.7 Å². The van der Waals surface area contributed by atoms with Gasteiger partial charge in [-0.05, 0) is 73.3 Å². The summed E-state index contributed by atoms with van der Waals surface area (Å²) in [5.41, 5.74) is 18.2. The SMILES string of the molecule is CC1(C)c2ccccc2C2(c3ccccc3-n3c4ccccc4c4cccc2c43)c2cccc(C3=NC(c4ccc(-c5ccccc5)cc4)N=C(c4ccc(-c5ccccc5)cc4)N3)c21. The number of para-hydroxylation sites is 3. The largest absolute Gasteiger partial charge is 0.324 e. The lowest BCUT2D eigenvalue weighted by molar-refractivity contribution is 0.554. The Morgan fingerprint density at radius 1 is 0.415 bits per heavy atom. The average molecular weight is 833 g/mol.